The molecular weight excluding hydrogens is 340 g/mol. The van der Waals surface area contributed by atoms with E-state index < -0.39 is 17.4 Å². The van der Waals surface area contributed by atoms with Gasteiger partial charge in [0.25, 0.3) is 0 Å². The Hall–Kier alpha value is -1.55. The lowest BCUT2D eigenvalue weighted by atomic mass is 9.82. The Morgan fingerprint density at radius 2 is 1.68 bits per heavy atom. The van der Waals surface area contributed by atoms with Crippen LogP contribution < -0.4 is 0 Å². The van der Waals surface area contributed by atoms with Crippen molar-refractivity contribution in [1.82, 2.24) is 0 Å². The highest BCUT2D eigenvalue weighted by atomic mass is 35.5. The summed E-state index contributed by atoms with van der Waals surface area (Å²) in [4.78, 5) is 25.1. The zero-order valence-corrected chi connectivity index (χ0v) is 16.2. The number of esters is 2. The zero-order valence-electron chi connectivity index (χ0n) is 15.5. The van der Waals surface area contributed by atoms with E-state index in [4.69, 9.17) is 21.1 Å². The molecule has 0 bridgehead atoms. The molecule has 0 aromatic heterocycles. The maximum Gasteiger partial charge on any atom is 0.323 e. The number of carbonyl (C=O) groups is 2. The number of benzene rings is 1. The molecule has 25 heavy (non-hydrogen) atoms. The first kappa shape index (κ1) is 21.5. The van der Waals surface area contributed by atoms with Gasteiger partial charge in [0.1, 0.15) is 6.61 Å². The van der Waals surface area contributed by atoms with Crippen molar-refractivity contribution in [1.29, 1.82) is 0 Å². The minimum absolute atomic E-state index is 0.0882. The molecule has 0 saturated carbocycles. The molecule has 0 spiro atoms. The molecule has 0 aliphatic rings. The van der Waals surface area contributed by atoms with E-state index in [0.29, 0.717) is 24.5 Å². The third kappa shape index (κ3) is 6.35. The molecule has 0 heterocycles. The Labute approximate surface area is 155 Å². The van der Waals surface area contributed by atoms with E-state index in [2.05, 4.69) is 6.92 Å². The number of unbranched alkanes of at least 4 members (excludes halogenated alkanes) is 3. The van der Waals surface area contributed by atoms with E-state index in [1.807, 2.05) is 19.9 Å². The first-order valence-electron chi connectivity index (χ1n) is 9.09. The number of halogens is 1. The maximum atomic E-state index is 12.6. The molecule has 1 rings (SSSR count). The number of hydrogen-bond donors (Lipinski definition) is 0. The SMILES string of the molecule is CCCCCCOC(=O)C(CC)(CC)C(=O)OCc1cccc(Cl)c1. The highest BCUT2D eigenvalue weighted by molar-refractivity contribution is 6.30. The third-order valence-corrected chi connectivity index (χ3v) is 4.71. The normalized spacial score (nSPS) is 11.2. The topological polar surface area (TPSA) is 52.6 Å². The van der Waals surface area contributed by atoms with Crippen molar-refractivity contribution >= 4 is 23.5 Å². The fourth-order valence-corrected chi connectivity index (χ4v) is 2.87. The second-order valence-corrected chi connectivity index (χ2v) is 6.63. The first-order valence-corrected chi connectivity index (χ1v) is 9.46. The van der Waals surface area contributed by atoms with Crippen molar-refractivity contribution in [3.05, 3.63) is 34.9 Å². The lowest BCUT2D eigenvalue weighted by molar-refractivity contribution is -0.174. The minimum Gasteiger partial charge on any atom is -0.465 e. The van der Waals surface area contributed by atoms with Gasteiger partial charge < -0.3 is 9.47 Å². The zero-order chi connectivity index (χ0) is 18.7. The summed E-state index contributed by atoms with van der Waals surface area (Å²) in [5.74, 6) is -1.01. The fourth-order valence-electron chi connectivity index (χ4n) is 2.66. The van der Waals surface area contributed by atoms with Gasteiger partial charge in [0.2, 0.25) is 0 Å². The van der Waals surface area contributed by atoms with Gasteiger partial charge in [-0.2, -0.15) is 0 Å². The average Bonchev–Trinajstić information content (AvgIpc) is 2.61. The maximum absolute atomic E-state index is 12.6. The van der Waals surface area contributed by atoms with Gasteiger partial charge in [0.05, 0.1) is 6.61 Å². The second kappa shape index (κ2) is 11.1. The number of ether oxygens (including phenoxy) is 2. The summed E-state index contributed by atoms with van der Waals surface area (Å²) in [6, 6.07) is 7.11. The van der Waals surface area contributed by atoms with E-state index >= 15 is 0 Å². The monoisotopic (exact) mass is 368 g/mol. The smallest absolute Gasteiger partial charge is 0.323 e. The minimum atomic E-state index is -1.23. The Bertz CT molecular complexity index is 552. The molecule has 0 aliphatic carbocycles. The average molecular weight is 369 g/mol. The van der Waals surface area contributed by atoms with E-state index in [-0.39, 0.29) is 6.61 Å². The van der Waals surface area contributed by atoms with Crippen molar-refractivity contribution in [2.24, 2.45) is 5.41 Å². The van der Waals surface area contributed by atoms with Gasteiger partial charge >= 0.3 is 11.9 Å². The Morgan fingerprint density at radius 1 is 1.00 bits per heavy atom. The fraction of sp³-hybridized carbons (Fsp3) is 0.600. The van der Waals surface area contributed by atoms with Crippen molar-refractivity contribution in [2.75, 3.05) is 6.61 Å². The molecule has 0 radical (unpaired) electrons. The lowest BCUT2D eigenvalue weighted by Gasteiger charge is -2.27. The molecule has 1 aromatic rings. The summed E-state index contributed by atoms with van der Waals surface area (Å²) in [5.41, 5.74) is -0.446. The van der Waals surface area contributed by atoms with Crippen LogP contribution in [-0.4, -0.2) is 18.5 Å². The van der Waals surface area contributed by atoms with Crippen LogP contribution in [0.1, 0.15) is 64.9 Å². The Balaban J connectivity index is 2.65. The van der Waals surface area contributed by atoms with Gasteiger partial charge in [-0.15, -0.1) is 0 Å². The van der Waals surface area contributed by atoms with Crippen LogP contribution in [0.25, 0.3) is 0 Å². The Morgan fingerprint density at radius 3 is 2.28 bits per heavy atom. The highest BCUT2D eigenvalue weighted by Crippen LogP contribution is 2.30. The van der Waals surface area contributed by atoms with Crippen molar-refractivity contribution < 1.29 is 19.1 Å². The Kier molecular flexibility index (Phi) is 9.58. The molecule has 1 aromatic carbocycles. The van der Waals surface area contributed by atoms with Crippen LogP contribution in [0.15, 0.2) is 24.3 Å². The largest absolute Gasteiger partial charge is 0.465 e. The summed E-state index contributed by atoms with van der Waals surface area (Å²) >= 11 is 5.93. The number of carbonyl (C=O) groups excluding carboxylic acids is 2. The summed E-state index contributed by atoms with van der Waals surface area (Å²) in [6.07, 6.45) is 4.79. The molecule has 0 amide bonds. The summed E-state index contributed by atoms with van der Waals surface area (Å²) in [7, 11) is 0. The molecule has 0 atom stereocenters. The first-order chi connectivity index (χ1) is 12.0. The summed E-state index contributed by atoms with van der Waals surface area (Å²) in [5, 5.41) is 0.581. The van der Waals surface area contributed by atoms with E-state index in [1.165, 1.54) is 0 Å². The van der Waals surface area contributed by atoms with Gasteiger partial charge in [0, 0.05) is 5.02 Å². The van der Waals surface area contributed by atoms with Gasteiger partial charge in [-0.3, -0.25) is 9.59 Å². The van der Waals surface area contributed by atoms with Crippen LogP contribution in [-0.2, 0) is 25.7 Å². The summed E-state index contributed by atoms with van der Waals surface area (Å²) in [6.45, 7) is 6.18. The van der Waals surface area contributed by atoms with Crippen LogP contribution in [0, 0.1) is 5.41 Å². The molecule has 140 valence electrons. The van der Waals surface area contributed by atoms with Crippen LogP contribution in [0.2, 0.25) is 5.02 Å². The standard InChI is InChI=1S/C20H29ClO4/c1-4-7-8-9-13-24-18(22)20(5-2,6-3)19(23)25-15-16-11-10-12-17(21)14-16/h10-12,14H,4-9,13,15H2,1-3H3. The number of rotatable bonds is 11. The molecule has 0 fully saturated rings. The number of hydrogen-bond acceptors (Lipinski definition) is 4. The van der Waals surface area contributed by atoms with Crippen molar-refractivity contribution in [3.8, 4) is 0 Å². The van der Waals surface area contributed by atoms with Crippen molar-refractivity contribution in [3.63, 3.8) is 0 Å². The van der Waals surface area contributed by atoms with Gasteiger partial charge in [-0.1, -0.05) is 63.8 Å². The molecule has 0 N–H and O–H groups in total. The third-order valence-electron chi connectivity index (χ3n) is 4.48. The van der Waals surface area contributed by atoms with Gasteiger partial charge in [-0.05, 0) is 37.0 Å². The highest BCUT2D eigenvalue weighted by Gasteiger charge is 2.45. The molecular formula is C20H29ClO4. The van der Waals surface area contributed by atoms with Crippen molar-refractivity contribution in [2.45, 2.75) is 65.9 Å². The van der Waals surface area contributed by atoms with Crippen LogP contribution >= 0.6 is 11.6 Å². The van der Waals surface area contributed by atoms with Gasteiger partial charge in [0.15, 0.2) is 5.41 Å². The molecule has 0 unspecified atom stereocenters. The second-order valence-electron chi connectivity index (χ2n) is 6.19. The van der Waals surface area contributed by atoms with Crippen LogP contribution in [0.3, 0.4) is 0 Å². The van der Waals surface area contributed by atoms with Crippen LogP contribution in [0.4, 0.5) is 0 Å². The summed E-state index contributed by atoms with van der Waals surface area (Å²) < 4.78 is 10.8. The van der Waals surface area contributed by atoms with E-state index in [0.717, 1.165) is 31.2 Å². The lowest BCUT2D eigenvalue weighted by Crippen LogP contribution is -2.41. The predicted octanol–water partition coefficient (Wildman–Crippen LogP) is 5.31. The van der Waals surface area contributed by atoms with E-state index in [1.54, 1.807) is 18.2 Å². The molecule has 5 heteroatoms. The van der Waals surface area contributed by atoms with E-state index in [9.17, 15) is 9.59 Å². The molecule has 0 aliphatic heterocycles. The quantitative estimate of drug-likeness (QED) is 0.301. The predicted molar refractivity (Wildman–Crippen MR) is 99.4 cm³/mol. The molecule has 0 saturated heterocycles. The van der Waals surface area contributed by atoms with Gasteiger partial charge in [-0.25, -0.2) is 0 Å². The molecule has 4 nitrogen and oxygen atoms in total. The van der Waals surface area contributed by atoms with Crippen LogP contribution in [0.5, 0.6) is 0 Å².